The lowest BCUT2D eigenvalue weighted by Gasteiger charge is -2.33. The average molecular weight is 611 g/mol. The highest BCUT2D eigenvalue weighted by Crippen LogP contribution is 2.35. The van der Waals surface area contributed by atoms with Gasteiger partial charge in [-0.05, 0) is 54.4 Å². The number of rotatable bonds is 6. The molecule has 11 heteroatoms. The van der Waals surface area contributed by atoms with E-state index in [1.54, 1.807) is 30.4 Å². The number of aliphatic hydroxyl groups excluding tert-OH is 1. The molecular weight excluding hydrogens is 571 g/mol. The number of hydrazone groups is 1. The van der Waals surface area contributed by atoms with Crippen molar-refractivity contribution in [3.05, 3.63) is 93.2 Å². The van der Waals surface area contributed by atoms with Crippen LogP contribution in [0.15, 0.2) is 64.6 Å². The van der Waals surface area contributed by atoms with Crippen molar-refractivity contribution in [3.8, 4) is 11.3 Å². The van der Waals surface area contributed by atoms with Crippen LogP contribution >= 0.6 is 0 Å². The third-order valence-corrected chi connectivity index (χ3v) is 8.55. The number of aryl methyl sites for hydroxylation is 1. The van der Waals surface area contributed by atoms with E-state index in [-0.39, 0.29) is 29.9 Å². The van der Waals surface area contributed by atoms with Crippen LogP contribution in [0.25, 0.3) is 11.3 Å². The molecular formula is C34H39FN8O2. The van der Waals surface area contributed by atoms with E-state index in [9.17, 15) is 9.90 Å². The second-order valence-electron chi connectivity index (χ2n) is 12.7. The number of benzene rings is 2. The van der Waals surface area contributed by atoms with Crippen LogP contribution in [-0.4, -0.2) is 64.2 Å². The lowest BCUT2D eigenvalue weighted by Crippen LogP contribution is -2.44. The Hall–Kier alpha value is -4.61. The van der Waals surface area contributed by atoms with Crippen molar-refractivity contribution in [1.82, 2.24) is 19.7 Å². The molecule has 4 heterocycles. The molecule has 2 aromatic heterocycles. The number of likely N-dealkylation sites (N-methyl/N-ethyl adjacent to an activating group) is 1. The minimum Gasteiger partial charge on any atom is -0.392 e. The summed E-state index contributed by atoms with van der Waals surface area (Å²) in [6, 6.07) is 14.6. The van der Waals surface area contributed by atoms with Crippen LogP contribution in [0.5, 0.6) is 0 Å². The largest absolute Gasteiger partial charge is 0.392 e. The van der Waals surface area contributed by atoms with Gasteiger partial charge in [0.25, 0.3) is 5.56 Å². The zero-order valence-corrected chi connectivity index (χ0v) is 26.4. The van der Waals surface area contributed by atoms with Crippen LogP contribution in [0.4, 0.5) is 27.3 Å². The Kier molecular flexibility index (Phi) is 8.15. The van der Waals surface area contributed by atoms with E-state index >= 15 is 4.39 Å². The molecule has 10 nitrogen and oxygen atoms in total. The molecule has 6 rings (SSSR count). The van der Waals surface area contributed by atoms with E-state index < -0.39 is 0 Å². The molecule has 45 heavy (non-hydrogen) atoms. The Balaban J connectivity index is 1.29. The maximum Gasteiger partial charge on any atom is 0.290 e. The van der Waals surface area contributed by atoms with Crippen LogP contribution in [0.3, 0.4) is 0 Å². The summed E-state index contributed by atoms with van der Waals surface area (Å²) in [5, 5.41) is 24.5. The van der Waals surface area contributed by atoms with E-state index in [2.05, 4.69) is 58.1 Å². The molecule has 0 radical (unpaired) electrons. The molecule has 0 unspecified atom stereocenters. The number of hydrogen-bond donors (Lipinski definition) is 2. The summed E-state index contributed by atoms with van der Waals surface area (Å²) in [5.41, 5.74) is 5.36. The number of anilines is 4. The lowest BCUT2D eigenvalue weighted by atomic mass is 9.85. The number of nitrogens with one attached hydrogen (secondary N) is 1. The Morgan fingerprint density at radius 2 is 1.80 bits per heavy atom. The second-order valence-corrected chi connectivity index (χ2v) is 12.7. The maximum atomic E-state index is 15.3. The predicted octanol–water partition coefficient (Wildman–Crippen LogP) is 4.62. The van der Waals surface area contributed by atoms with Crippen molar-refractivity contribution in [1.29, 1.82) is 0 Å². The first kappa shape index (κ1) is 30.4. The van der Waals surface area contributed by atoms with E-state index in [4.69, 9.17) is 0 Å². The minimum atomic E-state index is -0.312. The Bertz CT molecular complexity index is 1810. The van der Waals surface area contributed by atoms with Gasteiger partial charge in [0, 0.05) is 55.5 Å². The zero-order chi connectivity index (χ0) is 31.9. The Morgan fingerprint density at radius 1 is 1.02 bits per heavy atom. The van der Waals surface area contributed by atoms with Gasteiger partial charge in [-0.3, -0.25) is 9.80 Å². The predicted molar refractivity (Wildman–Crippen MR) is 177 cm³/mol. The number of hydrogen-bond acceptors (Lipinski definition) is 9. The topological polar surface area (TPSA) is 102 Å². The molecule has 234 valence electrons. The minimum absolute atomic E-state index is 0.195. The number of aliphatic hydroxyl groups is 1. The standard InChI is InChI=1S/C34H39FN8O2/c1-34(2,3)23-15-22-18-37-43(20-26(22)28(35)16-23)31-8-6-7-25(27(31)21-44)29-17-30(33(45)41(5)39-29)38-32-10-9-24(19-36-32)42-13-11-40(4)12-14-42/h6-10,15-19,44H,11-14,20-21H2,1-5H3,(H,36,38). The molecule has 2 aliphatic heterocycles. The zero-order valence-electron chi connectivity index (χ0n) is 26.4. The van der Waals surface area contributed by atoms with E-state index in [1.165, 1.54) is 4.68 Å². The van der Waals surface area contributed by atoms with Crippen molar-refractivity contribution in [2.75, 3.05) is 48.5 Å². The molecule has 1 fully saturated rings. The fourth-order valence-corrected chi connectivity index (χ4v) is 5.74. The number of aromatic nitrogens is 3. The van der Waals surface area contributed by atoms with Crippen molar-refractivity contribution >= 4 is 29.1 Å². The van der Waals surface area contributed by atoms with Gasteiger partial charge in [0.2, 0.25) is 0 Å². The summed E-state index contributed by atoms with van der Waals surface area (Å²) in [5.74, 6) is 0.257. The highest BCUT2D eigenvalue weighted by molar-refractivity contribution is 5.85. The fourth-order valence-electron chi connectivity index (χ4n) is 5.74. The number of halogens is 1. The average Bonchev–Trinajstić information content (AvgIpc) is 3.03. The summed E-state index contributed by atoms with van der Waals surface area (Å²) in [6.07, 6.45) is 3.48. The molecule has 0 saturated carbocycles. The van der Waals surface area contributed by atoms with Crippen LogP contribution < -0.4 is 20.8 Å². The first-order valence-corrected chi connectivity index (χ1v) is 15.1. The van der Waals surface area contributed by atoms with Gasteiger partial charge < -0.3 is 20.2 Å². The molecule has 2 aromatic carbocycles. The highest BCUT2D eigenvalue weighted by atomic mass is 19.1. The summed E-state index contributed by atoms with van der Waals surface area (Å²) in [4.78, 5) is 22.3. The molecule has 4 aromatic rings. The van der Waals surface area contributed by atoms with E-state index in [0.29, 0.717) is 39.6 Å². The number of piperazine rings is 1. The van der Waals surface area contributed by atoms with Crippen molar-refractivity contribution < 1.29 is 9.50 Å². The first-order chi connectivity index (χ1) is 21.5. The Labute approximate surface area is 262 Å². The molecule has 0 amide bonds. The van der Waals surface area contributed by atoms with Gasteiger partial charge in [-0.15, -0.1) is 0 Å². The summed E-state index contributed by atoms with van der Waals surface area (Å²) in [7, 11) is 3.71. The molecule has 0 bridgehead atoms. The van der Waals surface area contributed by atoms with Gasteiger partial charge in [-0.1, -0.05) is 32.9 Å². The van der Waals surface area contributed by atoms with Gasteiger partial charge in [0.15, 0.2) is 0 Å². The van der Waals surface area contributed by atoms with Crippen molar-refractivity contribution in [2.24, 2.45) is 12.1 Å². The van der Waals surface area contributed by atoms with Gasteiger partial charge >= 0.3 is 0 Å². The summed E-state index contributed by atoms with van der Waals surface area (Å²) in [6.45, 7) is 9.93. The fraction of sp³-hybridized carbons (Fsp3) is 0.353. The third kappa shape index (κ3) is 6.18. The van der Waals surface area contributed by atoms with Crippen LogP contribution in [0, 0.1) is 5.82 Å². The molecule has 0 aliphatic carbocycles. The second kappa shape index (κ2) is 12.1. The highest BCUT2D eigenvalue weighted by Gasteiger charge is 2.25. The van der Waals surface area contributed by atoms with Gasteiger partial charge in [-0.25, -0.2) is 14.1 Å². The van der Waals surface area contributed by atoms with Crippen LogP contribution in [-0.2, 0) is 25.6 Å². The van der Waals surface area contributed by atoms with E-state index in [0.717, 1.165) is 43.0 Å². The SMILES string of the molecule is CN1CCN(c2ccc(Nc3cc(-c4cccc(N5Cc6c(F)cc(C(C)(C)C)cc6C=N5)c4CO)nn(C)c3=O)nc2)CC1. The van der Waals surface area contributed by atoms with E-state index in [1.807, 2.05) is 42.6 Å². The van der Waals surface area contributed by atoms with Gasteiger partial charge in [0.05, 0.1) is 42.6 Å². The lowest BCUT2D eigenvalue weighted by molar-refractivity contribution is 0.282. The first-order valence-electron chi connectivity index (χ1n) is 15.1. The molecule has 0 spiro atoms. The number of fused-ring (bicyclic) bond motifs is 1. The monoisotopic (exact) mass is 610 g/mol. The number of nitrogens with zero attached hydrogens (tertiary/aromatic N) is 7. The Morgan fingerprint density at radius 3 is 2.49 bits per heavy atom. The normalized spacial score (nSPS) is 15.4. The van der Waals surface area contributed by atoms with Crippen molar-refractivity contribution in [2.45, 2.75) is 39.3 Å². The quantitative estimate of drug-likeness (QED) is 0.326. The molecule has 1 saturated heterocycles. The van der Waals surface area contributed by atoms with Crippen LogP contribution in [0.2, 0.25) is 0 Å². The summed E-state index contributed by atoms with van der Waals surface area (Å²) < 4.78 is 16.6. The van der Waals surface area contributed by atoms with Crippen LogP contribution in [0.1, 0.15) is 43.0 Å². The van der Waals surface area contributed by atoms with Gasteiger partial charge in [-0.2, -0.15) is 10.2 Å². The number of pyridine rings is 1. The molecule has 0 atom stereocenters. The smallest absolute Gasteiger partial charge is 0.290 e. The van der Waals surface area contributed by atoms with Crippen molar-refractivity contribution in [3.63, 3.8) is 0 Å². The van der Waals surface area contributed by atoms with Gasteiger partial charge in [0.1, 0.15) is 17.3 Å². The third-order valence-electron chi connectivity index (χ3n) is 8.55. The maximum absolute atomic E-state index is 15.3. The summed E-state index contributed by atoms with van der Waals surface area (Å²) >= 11 is 0. The molecule has 2 N–H and O–H groups in total. The molecule has 2 aliphatic rings.